The molecule has 4 aromatic rings. The molecule has 3 heterocycles. The van der Waals surface area contributed by atoms with E-state index in [9.17, 15) is 4.79 Å². The molecule has 9 nitrogen and oxygen atoms in total. The van der Waals surface area contributed by atoms with Gasteiger partial charge in [0.05, 0.1) is 25.0 Å². The molecular formula is C28H30N6O3. The van der Waals surface area contributed by atoms with Gasteiger partial charge in [0.15, 0.2) is 0 Å². The minimum Gasteiger partial charge on any atom is -0.497 e. The Morgan fingerprint density at radius 1 is 1.03 bits per heavy atom. The van der Waals surface area contributed by atoms with Gasteiger partial charge in [0.1, 0.15) is 5.75 Å². The highest BCUT2D eigenvalue weighted by Gasteiger charge is 2.22. The van der Waals surface area contributed by atoms with E-state index in [0.29, 0.717) is 31.3 Å². The van der Waals surface area contributed by atoms with Crippen molar-refractivity contribution in [2.75, 3.05) is 33.3 Å². The number of methoxy groups -OCH3 is 1. The number of aromatic nitrogens is 4. The van der Waals surface area contributed by atoms with E-state index in [4.69, 9.17) is 9.26 Å². The quantitative estimate of drug-likeness (QED) is 0.357. The van der Waals surface area contributed by atoms with Gasteiger partial charge in [0, 0.05) is 49.1 Å². The van der Waals surface area contributed by atoms with Gasteiger partial charge in [-0.25, -0.2) is 4.68 Å². The summed E-state index contributed by atoms with van der Waals surface area (Å²) in [5.41, 5.74) is 4.75. The number of para-hydroxylation sites is 1. The van der Waals surface area contributed by atoms with Crippen LogP contribution < -0.4 is 4.74 Å². The third kappa shape index (κ3) is 5.46. The number of rotatable bonds is 7. The van der Waals surface area contributed by atoms with Gasteiger partial charge >= 0.3 is 0 Å². The van der Waals surface area contributed by atoms with Gasteiger partial charge in [-0.3, -0.25) is 9.69 Å². The maximum Gasteiger partial charge on any atom is 0.246 e. The van der Waals surface area contributed by atoms with Crippen LogP contribution in [0.5, 0.6) is 5.75 Å². The van der Waals surface area contributed by atoms with Crippen molar-refractivity contribution in [3.8, 4) is 22.8 Å². The maximum absolute atomic E-state index is 12.9. The predicted octanol–water partition coefficient (Wildman–Crippen LogP) is 3.91. The second-order valence-electron chi connectivity index (χ2n) is 9.01. The number of aryl methyl sites for hydroxylation is 1. The standard InChI is InChI=1S/C28H30N6O3/c1-20-25(21(2)34(30-20)23-7-5-4-6-8-23)13-14-27(35)33-17-15-32(16-18-33)19-26-29-28(31-37-26)22-9-11-24(36-3)12-10-22/h4-14H,15-19H2,1-3H3/b14-13+. The molecule has 0 spiro atoms. The summed E-state index contributed by atoms with van der Waals surface area (Å²) in [4.78, 5) is 21.5. The first-order chi connectivity index (χ1) is 18.0. The highest BCUT2D eigenvalue weighted by molar-refractivity contribution is 5.92. The van der Waals surface area contributed by atoms with Crippen LogP contribution in [0.3, 0.4) is 0 Å². The van der Waals surface area contributed by atoms with Gasteiger partial charge in [-0.05, 0) is 56.3 Å². The molecule has 0 saturated carbocycles. The molecule has 0 radical (unpaired) electrons. The Labute approximate surface area is 216 Å². The first-order valence-electron chi connectivity index (χ1n) is 12.3. The van der Waals surface area contributed by atoms with Crippen molar-refractivity contribution in [1.82, 2.24) is 29.7 Å². The van der Waals surface area contributed by atoms with Crippen molar-refractivity contribution < 1.29 is 14.1 Å². The lowest BCUT2D eigenvalue weighted by molar-refractivity contribution is -0.127. The van der Waals surface area contributed by atoms with E-state index < -0.39 is 0 Å². The van der Waals surface area contributed by atoms with Crippen LogP contribution in [0.1, 0.15) is 22.8 Å². The third-order valence-electron chi connectivity index (χ3n) is 6.60. The first kappa shape index (κ1) is 24.5. The fraction of sp³-hybridized carbons (Fsp3) is 0.286. The SMILES string of the molecule is COc1ccc(-c2noc(CN3CCN(C(=O)/C=C/c4c(C)nn(-c5ccccc5)c4C)CC3)n2)cc1. The zero-order valence-electron chi connectivity index (χ0n) is 21.3. The number of piperazine rings is 1. The molecule has 0 aliphatic carbocycles. The lowest BCUT2D eigenvalue weighted by atomic mass is 10.1. The molecule has 1 saturated heterocycles. The van der Waals surface area contributed by atoms with Gasteiger partial charge in [-0.2, -0.15) is 10.1 Å². The molecule has 1 aliphatic rings. The van der Waals surface area contributed by atoms with Gasteiger partial charge < -0.3 is 14.2 Å². The fourth-order valence-corrected chi connectivity index (χ4v) is 4.47. The van der Waals surface area contributed by atoms with Crippen molar-refractivity contribution in [3.05, 3.63) is 83.5 Å². The minimum atomic E-state index is 0.00509. The van der Waals surface area contributed by atoms with Crippen LogP contribution in [0.4, 0.5) is 0 Å². The highest BCUT2D eigenvalue weighted by Crippen LogP contribution is 2.21. The van der Waals surface area contributed by atoms with Crippen LogP contribution in [-0.4, -0.2) is 68.9 Å². The molecule has 2 aromatic heterocycles. The number of hydrogen-bond acceptors (Lipinski definition) is 7. The number of ether oxygens (including phenoxy) is 1. The summed E-state index contributed by atoms with van der Waals surface area (Å²) in [6, 6.07) is 17.5. The number of nitrogens with zero attached hydrogens (tertiary/aromatic N) is 6. The van der Waals surface area contributed by atoms with Crippen molar-refractivity contribution in [3.63, 3.8) is 0 Å². The van der Waals surface area contributed by atoms with Crippen LogP contribution >= 0.6 is 0 Å². The van der Waals surface area contributed by atoms with Gasteiger partial charge in [-0.15, -0.1) is 0 Å². The zero-order valence-corrected chi connectivity index (χ0v) is 21.3. The Kier molecular flexibility index (Phi) is 7.14. The summed E-state index contributed by atoms with van der Waals surface area (Å²) in [5, 5.41) is 8.76. The fourth-order valence-electron chi connectivity index (χ4n) is 4.47. The summed E-state index contributed by atoms with van der Waals surface area (Å²) in [6.07, 6.45) is 3.53. The molecule has 1 fully saturated rings. The molecule has 0 unspecified atom stereocenters. The smallest absolute Gasteiger partial charge is 0.246 e. The van der Waals surface area contributed by atoms with Gasteiger partial charge in [0.2, 0.25) is 17.6 Å². The molecule has 1 amide bonds. The van der Waals surface area contributed by atoms with E-state index in [1.54, 1.807) is 13.2 Å². The molecule has 1 aliphatic heterocycles. The van der Waals surface area contributed by atoms with Crippen molar-refractivity contribution >= 4 is 12.0 Å². The molecule has 37 heavy (non-hydrogen) atoms. The van der Waals surface area contributed by atoms with Crippen LogP contribution in [0.2, 0.25) is 0 Å². The number of benzene rings is 2. The average molecular weight is 499 g/mol. The molecule has 0 N–H and O–H groups in total. The molecule has 9 heteroatoms. The summed E-state index contributed by atoms with van der Waals surface area (Å²) in [6.45, 7) is 7.31. The zero-order chi connectivity index (χ0) is 25.8. The van der Waals surface area contributed by atoms with Crippen molar-refractivity contribution in [2.45, 2.75) is 20.4 Å². The van der Waals surface area contributed by atoms with Crippen LogP contribution in [0.25, 0.3) is 23.2 Å². The van der Waals surface area contributed by atoms with E-state index in [2.05, 4.69) is 20.1 Å². The normalized spacial score (nSPS) is 14.4. The summed E-state index contributed by atoms with van der Waals surface area (Å²) in [7, 11) is 1.63. The topological polar surface area (TPSA) is 89.5 Å². The van der Waals surface area contributed by atoms with Gasteiger partial charge in [-0.1, -0.05) is 23.4 Å². The second-order valence-corrected chi connectivity index (χ2v) is 9.01. The molecule has 190 valence electrons. The summed E-state index contributed by atoms with van der Waals surface area (Å²) < 4.78 is 12.6. The third-order valence-corrected chi connectivity index (χ3v) is 6.60. The van der Waals surface area contributed by atoms with Crippen LogP contribution in [0.15, 0.2) is 65.2 Å². The summed E-state index contributed by atoms with van der Waals surface area (Å²) in [5.74, 6) is 1.90. The van der Waals surface area contributed by atoms with E-state index in [-0.39, 0.29) is 5.91 Å². The number of amides is 1. The van der Waals surface area contributed by atoms with E-state index in [1.165, 1.54) is 0 Å². The van der Waals surface area contributed by atoms with E-state index in [1.807, 2.05) is 84.1 Å². The van der Waals surface area contributed by atoms with Crippen molar-refractivity contribution in [1.29, 1.82) is 0 Å². The highest BCUT2D eigenvalue weighted by atomic mass is 16.5. The molecule has 0 bridgehead atoms. The lowest BCUT2D eigenvalue weighted by Crippen LogP contribution is -2.47. The van der Waals surface area contributed by atoms with Gasteiger partial charge in [0.25, 0.3) is 0 Å². The Hall–Kier alpha value is -4.24. The lowest BCUT2D eigenvalue weighted by Gasteiger charge is -2.33. The molecule has 5 rings (SSSR count). The Bertz CT molecular complexity index is 1380. The number of carbonyl (C=O) groups is 1. The van der Waals surface area contributed by atoms with Crippen LogP contribution in [0, 0.1) is 13.8 Å². The average Bonchev–Trinajstić information content (AvgIpc) is 3.52. The van der Waals surface area contributed by atoms with Crippen LogP contribution in [-0.2, 0) is 11.3 Å². The molecule has 2 aromatic carbocycles. The summed E-state index contributed by atoms with van der Waals surface area (Å²) >= 11 is 0. The second kappa shape index (κ2) is 10.8. The minimum absolute atomic E-state index is 0.00509. The number of hydrogen-bond donors (Lipinski definition) is 0. The Morgan fingerprint density at radius 2 is 1.76 bits per heavy atom. The maximum atomic E-state index is 12.9. The van der Waals surface area contributed by atoms with E-state index in [0.717, 1.165) is 47.0 Å². The predicted molar refractivity (Wildman–Crippen MR) is 140 cm³/mol. The first-order valence-corrected chi connectivity index (χ1v) is 12.3. The molecule has 0 atom stereocenters. The number of carbonyl (C=O) groups excluding carboxylic acids is 1. The largest absolute Gasteiger partial charge is 0.497 e. The molecular weight excluding hydrogens is 468 g/mol. The monoisotopic (exact) mass is 498 g/mol. The van der Waals surface area contributed by atoms with Crippen molar-refractivity contribution in [2.24, 2.45) is 0 Å². The Morgan fingerprint density at radius 3 is 2.46 bits per heavy atom. The van der Waals surface area contributed by atoms with E-state index >= 15 is 0 Å². The Balaban J connectivity index is 1.15.